The van der Waals surface area contributed by atoms with Crippen molar-refractivity contribution < 1.29 is 4.79 Å². The minimum absolute atomic E-state index is 0.0121. The maximum absolute atomic E-state index is 12.2. The molecular weight excluding hydrogens is 244 g/mol. The zero-order valence-electron chi connectivity index (χ0n) is 10.1. The third kappa shape index (κ3) is 2.69. The van der Waals surface area contributed by atoms with Gasteiger partial charge in [0.15, 0.2) is 5.78 Å². The van der Waals surface area contributed by atoms with Crippen molar-refractivity contribution in [3.63, 3.8) is 0 Å². The van der Waals surface area contributed by atoms with Crippen molar-refractivity contribution in [2.75, 3.05) is 0 Å². The van der Waals surface area contributed by atoms with Crippen molar-refractivity contribution in [3.05, 3.63) is 77.4 Å². The largest absolute Gasteiger partial charge is 0.289 e. The van der Waals surface area contributed by atoms with E-state index in [0.29, 0.717) is 16.2 Å². The molecule has 0 aromatic heterocycles. The maximum Gasteiger partial charge on any atom is 0.193 e. The van der Waals surface area contributed by atoms with E-state index in [4.69, 9.17) is 11.6 Å². The molecule has 0 bridgehead atoms. The van der Waals surface area contributed by atoms with Gasteiger partial charge in [-0.1, -0.05) is 66.2 Å². The van der Waals surface area contributed by atoms with Crippen LogP contribution in [-0.2, 0) is 0 Å². The Hall–Kier alpha value is -1.86. The molecule has 0 radical (unpaired) electrons. The highest BCUT2D eigenvalue weighted by atomic mass is 35.5. The van der Waals surface area contributed by atoms with E-state index in [9.17, 15) is 4.79 Å². The third-order valence-electron chi connectivity index (χ3n) is 2.69. The molecule has 0 spiro atoms. The van der Waals surface area contributed by atoms with E-state index in [1.807, 2.05) is 61.5 Å². The summed E-state index contributed by atoms with van der Waals surface area (Å²) in [6.07, 6.45) is 1.81. The van der Waals surface area contributed by atoms with E-state index < -0.39 is 0 Å². The van der Waals surface area contributed by atoms with Gasteiger partial charge in [-0.05, 0) is 18.6 Å². The Morgan fingerprint density at radius 2 is 1.56 bits per heavy atom. The summed E-state index contributed by atoms with van der Waals surface area (Å²) in [5.74, 6) is 0.0121. The minimum atomic E-state index is 0.0121. The van der Waals surface area contributed by atoms with Crippen LogP contribution in [0.3, 0.4) is 0 Å². The second-order valence-electron chi connectivity index (χ2n) is 3.91. The van der Waals surface area contributed by atoms with Crippen molar-refractivity contribution >= 4 is 22.4 Å². The number of hydrogen-bond acceptors (Lipinski definition) is 1. The first kappa shape index (κ1) is 12.6. The highest BCUT2D eigenvalue weighted by Gasteiger charge is 2.09. The van der Waals surface area contributed by atoms with Gasteiger partial charge < -0.3 is 0 Å². The van der Waals surface area contributed by atoms with Gasteiger partial charge in [0.25, 0.3) is 0 Å². The Kier molecular flexibility index (Phi) is 3.96. The number of halogens is 1. The molecule has 0 amide bonds. The SMILES string of the molecule is CC=C(Cl)c1cccc(C(=O)c2ccccc2)c1. The lowest BCUT2D eigenvalue weighted by Gasteiger charge is -2.04. The van der Waals surface area contributed by atoms with Gasteiger partial charge in [0, 0.05) is 16.2 Å². The van der Waals surface area contributed by atoms with E-state index in [0.717, 1.165) is 5.56 Å². The number of rotatable bonds is 3. The van der Waals surface area contributed by atoms with Gasteiger partial charge in [0.2, 0.25) is 0 Å². The predicted octanol–water partition coefficient (Wildman–Crippen LogP) is 4.52. The van der Waals surface area contributed by atoms with E-state index >= 15 is 0 Å². The lowest BCUT2D eigenvalue weighted by atomic mass is 10.0. The molecule has 2 aromatic carbocycles. The Bertz CT molecular complexity index is 585. The number of benzene rings is 2. The second kappa shape index (κ2) is 5.65. The normalized spacial score (nSPS) is 11.3. The van der Waals surface area contributed by atoms with Crippen molar-refractivity contribution in [1.29, 1.82) is 0 Å². The number of carbonyl (C=O) groups excluding carboxylic acids is 1. The Morgan fingerprint density at radius 1 is 0.944 bits per heavy atom. The molecule has 0 aliphatic heterocycles. The average molecular weight is 257 g/mol. The lowest BCUT2D eigenvalue weighted by Crippen LogP contribution is -2.01. The molecule has 2 rings (SSSR count). The van der Waals surface area contributed by atoms with Gasteiger partial charge in [-0.15, -0.1) is 0 Å². The predicted molar refractivity (Wildman–Crippen MR) is 75.8 cm³/mol. The summed E-state index contributed by atoms with van der Waals surface area (Å²) in [5, 5.41) is 0.651. The summed E-state index contributed by atoms with van der Waals surface area (Å²) < 4.78 is 0. The van der Waals surface area contributed by atoms with Crippen LogP contribution in [0, 0.1) is 0 Å². The zero-order chi connectivity index (χ0) is 13.0. The molecule has 2 heteroatoms. The van der Waals surface area contributed by atoms with E-state index in [-0.39, 0.29) is 5.78 Å². The van der Waals surface area contributed by atoms with Crippen LogP contribution in [-0.4, -0.2) is 5.78 Å². The van der Waals surface area contributed by atoms with Crippen molar-refractivity contribution in [3.8, 4) is 0 Å². The van der Waals surface area contributed by atoms with Crippen LogP contribution >= 0.6 is 11.6 Å². The fraction of sp³-hybridized carbons (Fsp3) is 0.0625. The zero-order valence-corrected chi connectivity index (χ0v) is 10.8. The highest BCUT2D eigenvalue weighted by molar-refractivity contribution is 6.48. The monoisotopic (exact) mass is 256 g/mol. The fourth-order valence-electron chi connectivity index (χ4n) is 1.73. The molecule has 0 heterocycles. The quantitative estimate of drug-likeness (QED) is 0.738. The molecule has 0 aliphatic carbocycles. The first-order valence-electron chi connectivity index (χ1n) is 5.74. The molecule has 0 atom stereocenters. The summed E-state index contributed by atoms with van der Waals surface area (Å²) in [4.78, 5) is 12.2. The number of hydrogen-bond donors (Lipinski definition) is 0. The molecule has 90 valence electrons. The second-order valence-corrected chi connectivity index (χ2v) is 4.32. The van der Waals surface area contributed by atoms with Gasteiger partial charge in [-0.3, -0.25) is 4.79 Å². The Labute approximate surface area is 112 Å². The minimum Gasteiger partial charge on any atom is -0.289 e. The fourth-order valence-corrected chi connectivity index (χ4v) is 1.85. The van der Waals surface area contributed by atoms with Gasteiger partial charge in [-0.25, -0.2) is 0 Å². The van der Waals surface area contributed by atoms with Crippen LogP contribution in [0.15, 0.2) is 60.7 Å². The van der Waals surface area contributed by atoms with Crippen LogP contribution in [0.5, 0.6) is 0 Å². The molecular formula is C16H13ClO. The van der Waals surface area contributed by atoms with E-state index in [2.05, 4.69) is 0 Å². The molecule has 1 nitrogen and oxygen atoms in total. The van der Waals surface area contributed by atoms with E-state index in [1.54, 1.807) is 6.07 Å². The van der Waals surface area contributed by atoms with Gasteiger partial charge in [0.05, 0.1) is 0 Å². The van der Waals surface area contributed by atoms with Crippen molar-refractivity contribution in [2.45, 2.75) is 6.92 Å². The summed E-state index contributed by atoms with van der Waals surface area (Å²) in [5.41, 5.74) is 2.20. The standard InChI is InChI=1S/C16H13ClO/c1-2-15(17)13-9-6-10-14(11-13)16(18)12-7-4-3-5-8-12/h2-11H,1H3. The molecule has 0 unspecified atom stereocenters. The van der Waals surface area contributed by atoms with E-state index in [1.165, 1.54) is 0 Å². The number of carbonyl (C=O) groups is 1. The topological polar surface area (TPSA) is 17.1 Å². The molecule has 0 aliphatic rings. The van der Waals surface area contributed by atoms with Gasteiger partial charge in [-0.2, -0.15) is 0 Å². The van der Waals surface area contributed by atoms with Crippen molar-refractivity contribution in [1.82, 2.24) is 0 Å². The molecule has 0 saturated carbocycles. The van der Waals surface area contributed by atoms with Gasteiger partial charge in [0.1, 0.15) is 0 Å². The van der Waals surface area contributed by atoms with Crippen LogP contribution in [0.4, 0.5) is 0 Å². The lowest BCUT2D eigenvalue weighted by molar-refractivity contribution is 0.103. The smallest absolute Gasteiger partial charge is 0.193 e. The molecule has 0 N–H and O–H groups in total. The van der Waals surface area contributed by atoms with Crippen LogP contribution in [0.1, 0.15) is 28.4 Å². The Balaban J connectivity index is 2.38. The summed E-state index contributed by atoms with van der Waals surface area (Å²) in [6, 6.07) is 16.6. The molecule has 18 heavy (non-hydrogen) atoms. The molecule has 0 fully saturated rings. The highest BCUT2D eigenvalue weighted by Crippen LogP contribution is 2.20. The average Bonchev–Trinajstić information content (AvgIpc) is 2.46. The maximum atomic E-state index is 12.2. The summed E-state index contributed by atoms with van der Waals surface area (Å²) in [6.45, 7) is 1.87. The first-order chi connectivity index (χ1) is 8.72. The molecule has 2 aromatic rings. The van der Waals surface area contributed by atoms with Crippen LogP contribution in [0.2, 0.25) is 0 Å². The third-order valence-corrected chi connectivity index (χ3v) is 3.13. The summed E-state index contributed by atoms with van der Waals surface area (Å²) >= 11 is 6.06. The van der Waals surface area contributed by atoms with Crippen LogP contribution < -0.4 is 0 Å². The first-order valence-corrected chi connectivity index (χ1v) is 6.12. The Morgan fingerprint density at radius 3 is 2.22 bits per heavy atom. The molecule has 0 saturated heterocycles. The van der Waals surface area contributed by atoms with Crippen LogP contribution in [0.25, 0.3) is 5.03 Å². The number of allylic oxidation sites excluding steroid dienone is 1. The number of ketones is 1. The van der Waals surface area contributed by atoms with Crippen molar-refractivity contribution in [2.24, 2.45) is 0 Å². The van der Waals surface area contributed by atoms with Gasteiger partial charge >= 0.3 is 0 Å². The summed E-state index contributed by atoms with van der Waals surface area (Å²) in [7, 11) is 0.